The maximum Gasteiger partial charge on any atom is 0.346 e. The van der Waals surface area contributed by atoms with Gasteiger partial charge in [-0.15, -0.1) is 11.3 Å². The van der Waals surface area contributed by atoms with Gasteiger partial charge in [0.2, 0.25) is 5.88 Å². The fourth-order valence-corrected chi connectivity index (χ4v) is 5.15. The molecule has 0 saturated heterocycles. The molecule has 176 valence electrons. The van der Waals surface area contributed by atoms with Gasteiger partial charge in [-0.05, 0) is 36.6 Å². The number of ether oxygens (including phenoxy) is 1. The summed E-state index contributed by atoms with van der Waals surface area (Å²) in [6.07, 6.45) is 3.09. The summed E-state index contributed by atoms with van der Waals surface area (Å²) in [5, 5.41) is 9.20. The number of aromatic nitrogens is 3. The molecule has 0 aliphatic carbocycles. The molecule has 4 heterocycles. The fraction of sp³-hybridized carbons (Fsp3) is 0.269. The van der Waals surface area contributed by atoms with Crippen molar-refractivity contribution < 1.29 is 14.6 Å². The van der Waals surface area contributed by atoms with Gasteiger partial charge in [-0.3, -0.25) is 4.90 Å². The lowest BCUT2D eigenvalue weighted by molar-refractivity contribution is 0.0702. The molecular formula is C26H25BN4O3S. The van der Waals surface area contributed by atoms with E-state index in [1.807, 2.05) is 54.9 Å². The van der Waals surface area contributed by atoms with E-state index in [4.69, 9.17) is 17.6 Å². The third-order valence-electron chi connectivity index (χ3n) is 6.23. The predicted octanol–water partition coefficient (Wildman–Crippen LogP) is 3.70. The third kappa shape index (κ3) is 5.01. The number of benzene rings is 1. The number of hydrogen-bond donors (Lipinski definition) is 1. The number of carboxylic acid groups (broad SMARTS) is 1. The van der Waals surface area contributed by atoms with Crippen molar-refractivity contribution in [1.82, 2.24) is 19.4 Å². The number of rotatable bonds is 7. The molecule has 0 unspecified atom stereocenters. The first-order chi connectivity index (χ1) is 16.9. The van der Waals surface area contributed by atoms with Crippen LogP contribution in [0, 0.1) is 6.92 Å². The molecule has 4 aromatic rings. The summed E-state index contributed by atoms with van der Waals surface area (Å²) in [6.45, 7) is 4.78. The van der Waals surface area contributed by atoms with Crippen LogP contribution in [0.5, 0.6) is 5.88 Å². The number of aryl methyl sites for hydroxylation is 2. The topological polar surface area (TPSA) is 80.5 Å². The molecule has 0 amide bonds. The molecule has 1 aliphatic heterocycles. The number of imidazole rings is 1. The number of nitrogens with zero attached hydrogens (tertiary/aromatic N) is 4. The molecule has 0 spiro atoms. The maximum atomic E-state index is 11.2. The van der Waals surface area contributed by atoms with Crippen LogP contribution in [0.15, 0.2) is 48.5 Å². The van der Waals surface area contributed by atoms with Gasteiger partial charge in [0.25, 0.3) is 0 Å². The van der Waals surface area contributed by atoms with E-state index >= 15 is 0 Å². The second kappa shape index (κ2) is 9.68. The van der Waals surface area contributed by atoms with Crippen molar-refractivity contribution in [2.75, 3.05) is 13.1 Å². The summed E-state index contributed by atoms with van der Waals surface area (Å²) in [6, 6.07) is 13.5. The SMILES string of the molecule is [B]c1cc(C)ccc1COc1cccc(C2=CCN(Cc3nc4cc(C(=O)O)sc4n3C)CC2)n1. The summed E-state index contributed by atoms with van der Waals surface area (Å²) >= 11 is 1.26. The van der Waals surface area contributed by atoms with Crippen molar-refractivity contribution in [1.29, 1.82) is 0 Å². The normalized spacial score (nSPS) is 14.3. The summed E-state index contributed by atoms with van der Waals surface area (Å²) in [4.78, 5) is 24.1. The summed E-state index contributed by atoms with van der Waals surface area (Å²) in [5.41, 5.74) is 5.67. The van der Waals surface area contributed by atoms with Crippen LogP contribution in [0.1, 0.15) is 38.7 Å². The largest absolute Gasteiger partial charge is 0.477 e. The predicted molar refractivity (Wildman–Crippen MR) is 139 cm³/mol. The monoisotopic (exact) mass is 484 g/mol. The Balaban J connectivity index is 1.23. The summed E-state index contributed by atoms with van der Waals surface area (Å²) in [5.74, 6) is 0.606. The molecule has 0 atom stereocenters. The molecule has 0 bridgehead atoms. The molecule has 3 aromatic heterocycles. The lowest BCUT2D eigenvalue weighted by Crippen LogP contribution is -2.29. The zero-order valence-electron chi connectivity index (χ0n) is 19.7. The number of fused-ring (bicyclic) bond motifs is 1. The van der Waals surface area contributed by atoms with Gasteiger partial charge in [0.15, 0.2) is 0 Å². The Morgan fingerprint density at radius 2 is 2.09 bits per heavy atom. The first-order valence-corrected chi connectivity index (χ1v) is 12.2. The van der Waals surface area contributed by atoms with Crippen molar-refractivity contribution in [3.05, 3.63) is 76.1 Å². The Kier molecular flexibility index (Phi) is 6.45. The van der Waals surface area contributed by atoms with Gasteiger partial charge in [0.05, 0.1) is 12.2 Å². The molecule has 2 radical (unpaired) electrons. The van der Waals surface area contributed by atoms with E-state index in [-0.39, 0.29) is 0 Å². The first kappa shape index (κ1) is 23.3. The van der Waals surface area contributed by atoms with E-state index in [0.29, 0.717) is 23.9 Å². The van der Waals surface area contributed by atoms with Crippen LogP contribution < -0.4 is 10.2 Å². The molecule has 1 N–H and O–H groups in total. The molecule has 5 rings (SSSR count). The van der Waals surface area contributed by atoms with Crippen LogP contribution >= 0.6 is 11.3 Å². The number of carboxylic acids is 1. The molecule has 9 heteroatoms. The number of carbonyl (C=O) groups is 1. The lowest BCUT2D eigenvalue weighted by Gasteiger charge is -2.25. The van der Waals surface area contributed by atoms with Crippen LogP contribution in [-0.2, 0) is 20.2 Å². The van der Waals surface area contributed by atoms with Crippen molar-refractivity contribution in [2.45, 2.75) is 26.5 Å². The molecule has 1 aliphatic rings. The van der Waals surface area contributed by atoms with Crippen LogP contribution in [0.25, 0.3) is 15.9 Å². The molecule has 7 nitrogen and oxygen atoms in total. The van der Waals surface area contributed by atoms with Crippen LogP contribution in [0.3, 0.4) is 0 Å². The van der Waals surface area contributed by atoms with E-state index < -0.39 is 5.97 Å². The second-order valence-electron chi connectivity index (χ2n) is 8.76. The van der Waals surface area contributed by atoms with Crippen LogP contribution in [0.2, 0.25) is 0 Å². The minimum atomic E-state index is -0.911. The average molecular weight is 484 g/mol. The van der Waals surface area contributed by atoms with Crippen LogP contribution in [0.4, 0.5) is 0 Å². The highest BCUT2D eigenvalue weighted by Crippen LogP contribution is 2.28. The lowest BCUT2D eigenvalue weighted by atomic mass is 9.89. The second-order valence-corrected chi connectivity index (χ2v) is 9.79. The Morgan fingerprint density at radius 3 is 2.80 bits per heavy atom. The van der Waals surface area contributed by atoms with Crippen molar-refractivity contribution in [3.63, 3.8) is 0 Å². The first-order valence-electron chi connectivity index (χ1n) is 11.4. The highest BCUT2D eigenvalue weighted by molar-refractivity contribution is 7.20. The van der Waals surface area contributed by atoms with Gasteiger partial charge >= 0.3 is 5.97 Å². The Hall–Kier alpha value is -3.43. The molecular weight excluding hydrogens is 459 g/mol. The summed E-state index contributed by atoms with van der Waals surface area (Å²) in [7, 11) is 8.04. The Bertz CT molecular complexity index is 1440. The quantitative estimate of drug-likeness (QED) is 0.403. The zero-order chi connectivity index (χ0) is 24.5. The van der Waals surface area contributed by atoms with Gasteiger partial charge < -0.3 is 14.4 Å². The summed E-state index contributed by atoms with van der Waals surface area (Å²) < 4.78 is 7.92. The minimum absolute atomic E-state index is 0.316. The van der Waals surface area contributed by atoms with Gasteiger partial charge in [-0.25, -0.2) is 14.8 Å². The molecule has 1 aromatic carbocycles. The highest BCUT2D eigenvalue weighted by atomic mass is 32.1. The average Bonchev–Trinajstić information content (AvgIpc) is 3.39. The van der Waals surface area contributed by atoms with Crippen LogP contribution in [-0.4, -0.2) is 51.4 Å². The number of pyridine rings is 1. The van der Waals surface area contributed by atoms with E-state index in [1.165, 1.54) is 16.9 Å². The fourth-order valence-electron chi connectivity index (χ4n) is 4.23. The van der Waals surface area contributed by atoms with Gasteiger partial charge in [0, 0.05) is 26.2 Å². The Morgan fingerprint density at radius 1 is 1.23 bits per heavy atom. The minimum Gasteiger partial charge on any atom is -0.477 e. The molecule has 0 saturated carbocycles. The number of hydrogen-bond acceptors (Lipinski definition) is 6. The number of aromatic carboxylic acids is 1. The third-order valence-corrected chi connectivity index (χ3v) is 7.42. The van der Waals surface area contributed by atoms with E-state index in [9.17, 15) is 9.90 Å². The zero-order valence-corrected chi connectivity index (χ0v) is 20.5. The Labute approximate surface area is 209 Å². The van der Waals surface area contributed by atoms with E-state index in [0.717, 1.165) is 58.0 Å². The van der Waals surface area contributed by atoms with E-state index in [1.54, 1.807) is 6.07 Å². The standard InChI is InChI=1S/C26H25BN4O3S/c1-16-6-7-18(19(27)12-16)15-34-24-5-3-4-20(29-24)17-8-10-31(11-9-17)14-23-28-21-13-22(26(32)33)35-25(21)30(23)2/h3-8,12-13H,9-11,14-15H2,1-2H3,(H,32,33). The van der Waals surface area contributed by atoms with Crippen molar-refractivity contribution in [3.8, 4) is 5.88 Å². The molecule has 0 fully saturated rings. The van der Waals surface area contributed by atoms with Gasteiger partial charge in [-0.1, -0.05) is 41.4 Å². The van der Waals surface area contributed by atoms with E-state index in [2.05, 4.69) is 16.0 Å². The van der Waals surface area contributed by atoms with Gasteiger partial charge in [0.1, 0.15) is 35.5 Å². The van der Waals surface area contributed by atoms with Crippen molar-refractivity contribution in [2.24, 2.45) is 7.05 Å². The number of thiophene rings is 1. The molecule has 35 heavy (non-hydrogen) atoms. The van der Waals surface area contributed by atoms with Gasteiger partial charge in [-0.2, -0.15) is 0 Å². The smallest absolute Gasteiger partial charge is 0.346 e. The maximum absolute atomic E-state index is 11.2. The highest BCUT2D eigenvalue weighted by Gasteiger charge is 2.19. The van der Waals surface area contributed by atoms with Crippen molar-refractivity contribution >= 4 is 46.5 Å².